The summed E-state index contributed by atoms with van der Waals surface area (Å²) in [5, 5.41) is 11.2. The first-order valence-electron chi connectivity index (χ1n) is 4.68. The quantitative estimate of drug-likeness (QED) is 0.705. The highest BCUT2D eigenvalue weighted by atomic mass is 16.5. The van der Waals surface area contributed by atoms with Gasteiger partial charge in [-0.2, -0.15) is 0 Å². The van der Waals surface area contributed by atoms with Crippen LogP contribution in [0.15, 0.2) is 18.5 Å². The molecule has 0 aliphatic rings. The van der Waals surface area contributed by atoms with E-state index in [1.54, 1.807) is 18.5 Å². The first-order chi connectivity index (χ1) is 7.22. The third-order valence-electron chi connectivity index (χ3n) is 1.60. The second-order valence-corrected chi connectivity index (χ2v) is 3.02. The number of nitrogens with one attached hydrogen (secondary N) is 1. The van der Waals surface area contributed by atoms with Crippen molar-refractivity contribution in [3.8, 4) is 5.75 Å². The van der Waals surface area contributed by atoms with Crippen molar-refractivity contribution in [2.75, 3.05) is 18.5 Å². The lowest BCUT2D eigenvalue weighted by Gasteiger charge is -2.06. The fourth-order valence-electron chi connectivity index (χ4n) is 1.02. The van der Waals surface area contributed by atoms with Crippen LogP contribution in [-0.2, 0) is 4.79 Å². The van der Waals surface area contributed by atoms with Crippen molar-refractivity contribution in [3.05, 3.63) is 18.5 Å². The van der Waals surface area contributed by atoms with E-state index < -0.39 is 0 Å². The second kappa shape index (κ2) is 5.98. The Morgan fingerprint density at radius 3 is 3.07 bits per heavy atom. The molecule has 2 N–H and O–H groups in total. The van der Waals surface area contributed by atoms with Gasteiger partial charge in [0.15, 0.2) is 0 Å². The first-order valence-corrected chi connectivity index (χ1v) is 4.68. The molecule has 0 spiro atoms. The standard InChI is InChI=1S/C10H14N2O3/c1-8(14)12-9-5-10(7-11-6-9)15-4-2-3-13/h5-7,13H,2-4H2,1H3,(H,12,14). The SMILES string of the molecule is CC(=O)Nc1cncc(OCCCO)c1. The largest absolute Gasteiger partial charge is 0.492 e. The second-order valence-electron chi connectivity index (χ2n) is 3.02. The monoisotopic (exact) mass is 210 g/mol. The fraction of sp³-hybridized carbons (Fsp3) is 0.400. The van der Waals surface area contributed by atoms with Crippen LogP contribution in [0.4, 0.5) is 5.69 Å². The molecule has 0 radical (unpaired) electrons. The summed E-state index contributed by atoms with van der Waals surface area (Å²) in [7, 11) is 0. The number of pyridine rings is 1. The Bertz CT molecular complexity index is 328. The van der Waals surface area contributed by atoms with Crippen LogP contribution in [-0.4, -0.2) is 29.2 Å². The molecule has 0 fully saturated rings. The molecule has 0 atom stereocenters. The molecular weight excluding hydrogens is 196 g/mol. The lowest BCUT2D eigenvalue weighted by Crippen LogP contribution is -2.06. The number of aliphatic hydroxyl groups excluding tert-OH is 1. The van der Waals surface area contributed by atoms with Crippen LogP contribution in [0.2, 0.25) is 0 Å². The van der Waals surface area contributed by atoms with Gasteiger partial charge in [-0.1, -0.05) is 0 Å². The lowest BCUT2D eigenvalue weighted by atomic mass is 10.4. The van der Waals surface area contributed by atoms with Crippen molar-refractivity contribution in [1.29, 1.82) is 0 Å². The molecule has 1 aromatic rings. The topological polar surface area (TPSA) is 71.5 Å². The normalized spacial score (nSPS) is 9.73. The van der Waals surface area contributed by atoms with Gasteiger partial charge in [-0.15, -0.1) is 0 Å². The average molecular weight is 210 g/mol. The summed E-state index contributed by atoms with van der Waals surface area (Å²) >= 11 is 0. The van der Waals surface area contributed by atoms with Crippen LogP contribution in [0.5, 0.6) is 5.75 Å². The van der Waals surface area contributed by atoms with E-state index in [0.717, 1.165) is 0 Å². The van der Waals surface area contributed by atoms with Crippen molar-refractivity contribution < 1.29 is 14.6 Å². The van der Waals surface area contributed by atoms with Crippen molar-refractivity contribution in [2.45, 2.75) is 13.3 Å². The summed E-state index contributed by atoms with van der Waals surface area (Å²) in [4.78, 5) is 14.7. The molecule has 0 aromatic carbocycles. The number of nitrogens with zero attached hydrogens (tertiary/aromatic N) is 1. The highest BCUT2D eigenvalue weighted by molar-refractivity contribution is 5.88. The molecule has 0 saturated heterocycles. The van der Waals surface area contributed by atoms with Crippen molar-refractivity contribution >= 4 is 11.6 Å². The zero-order valence-corrected chi connectivity index (χ0v) is 8.56. The number of hydrogen-bond donors (Lipinski definition) is 2. The molecule has 15 heavy (non-hydrogen) atoms. The third kappa shape index (κ3) is 4.42. The molecule has 5 heteroatoms. The minimum absolute atomic E-state index is 0.0960. The number of hydrogen-bond acceptors (Lipinski definition) is 4. The van der Waals surface area contributed by atoms with Crippen LogP contribution >= 0.6 is 0 Å². The fourth-order valence-corrected chi connectivity index (χ4v) is 1.02. The van der Waals surface area contributed by atoms with Crippen LogP contribution in [0, 0.1) is 0 Å². The van der Waals surface area contributed by atoms with Crippen molar-refractivity contribution in [3.63, 3.8) is 0 Å². The molecule has 0 saturated carbocycles. The van der Waals surface area contributed by atoms with Crippen LogP contribution < -0.4 is 10.1 Å². The molecule has 1 rings (SSSR count). The molecule has 0 aliphatic heterocycles. The van der Waals surface area contributed by atoms with Gasteiger partial charge in [0.2, 0.25) is 5.91 Å². The Labute approximate surface area is 88.1 Å². The van der Waals surface area contributed by atoms with Gasteiger partial charge in [-0.3, -0.25) is 9.78 Å². The lowest BCUT2D eigenvalue weighted by molar-refractivity contribution is -0.114. The molecule has 82 valence electrons. The van der Waals surface area contributed by atoms with Gasteiger partial charge in [-0.05, 0) is 0 Å². The molecule has 0 bridgehead atoms. The summed E-state index contributed by atoms with van der Waals surface area (Å²) in [6.07, 6.45) is 3.67. The number of aliphatic hydroxyl groups is 1. The van der Waals surface area contributed by atoms with E-state index in [1.807, 2.05) is 0 Å². The van der Waals surface area contributed by atoms with E-state index >= 15 is 0 Å². The highest BCUT2D eigenvalue weighted by Crippen LogP contribution is 2.15. The van der Waals surface area contributed by atoms with Crippen LogP contribution in [0.3, 0.4) is 0 Å². The predicted octanol–water partition coefficient (Wildman–Crippen LogP) is 0.801. The molecule has 0 unspecified atom stereocenters. The van der Waals surface area contributed by atoms with Gasteiger partial charge in [-0.25, -0.2) is 0 Å². The Morgan fingerprint density at radius 1 is 1.60 bits per heavy atom. The number of aromatic nitrogens is 1. The van der Waals surface area contributed by atoms with Gasteiger partial charge >= 0.3 is 0 Å². The van der Waals surface area contributed by atoms with E-state index in [-0.39, 0.29) is 12.5 Å². The summed E-state index contributed by atoms with van der Waals surface area (Å²) in [6.45, 7) is 1.96. The van der Waals surface area contributed by atoms with E-state index in [1.165, 1.54) is 6.92 Å². The first kappa shape index (κ1) is 11.5. The summed E-state index contributed by atoms with van der Waals surface area (Å²) in [5.41, 5.74) is 0.601. The maximum atomic E-state index is 10.8. The zero-order valence-electron chi connectivity index (χ0n) is 8.56. The third-order valence-corrected chi connectivity index (χ3v) is 1.60. The number of rotatable bonds is 5. The molecule has 5 nitrogen and oxygen atoms in total. The minimum Gasteiger partial charge on any atom is -0.492 e. The number of carbonyl (C=O) groups is 1. The minimum atomic E-state index is -0.149. The van der Waals surface area contributed by atoms with E-state index in [0.29, 0.717) is 24.5 Å². The van der Waals surface area contributed by atoms with Gasteiger partial charge in [0, 0.05) is 26.0 Å². The van der Waals surface area contributed by atoms with E-state index in [4.69, 9.17) is 9.84 Å². The maximum absolute atomic E-state index is 10.8. The average Bonchev–Trinajstić information content (AvgIpc) is 2.18. The van der Waals surface area contributed by atoms with Gasteiger partial charge in [0.1, 0.15) is 5.75 Å². The summed E-state index contributed by atoms with van der Waals surface area (Å²) in [5.74, 6) is 0.430. The van der Waals surface area contributed by atoms with E-state index in [2.05, 4.69) is 10.3 Å². The van der Waals surface area contributed by atoms with Gasteiger partial charge in [0.25, 0.3) is 0 Å². The van der Waals surface area contributed by atoms with Crippen molar-refractivity contribution in [1.82, 2.24) is 4.98 Å². The highest BCUT2D eigenvalue weighted by Gasteiger charge is 1.99. The maximum Gasteiger partial charge on any atom is 0.221 e. The van der Waals surface area contributed by atoms with Crippen LogP contribution in [0.1, 0.15) is 13.3 Å². The smallest absolute Gasteiger partial charge is 0.221 e. The number of amides is 1. The van der Waals surface area contributed by atoms with E-state index in [9.17, 15) is 4.79 Å². The summed E-state index contributed by atoms with van der Waals surface area (Å²) in [6, 6.07) is 1.69. The Morgan fingerprint density at radius 2 is 2.40 bits per heavy atom. The molecule has 1 amide bonds. The van der Waals surface area contributed by atoms with Gasteiger partial charge < -0.3 is 15.2 Å². The number of anilines is 1. The molecular formula is C10H14N2O3. The van der Waals surface area contributed by atoms with Crippen molar-refractivity contribution in [2.24, 2.45) is 0 Å². The van der Waals surface area contributed by atoms with Crippen LogP contribution in [0.25, 0.3) is 0 Å². The number of ether oxygens (including phenoxy) is 1. The molecule has 1 heterocycles. The Balaban J connectivity index is 2.53. The predicted molar refractivity (Wildman–Crippen MR) is 55.7 cm³/mol. The zero-order chi connectivity index (χ0) is 11.1. The van der Waals surface area contributed by atoms with Gasteiger partial charge in [0.05, 0.1) is 24.7 Å². The molecule has 0 aliphatic carbocycles. The Kier molecular flexibility index (Phi) is 4.56. The Hall–Kier alpha value is -1.62. The number of carbonyl (C=O) groups excluding carboxylic acids is 1. The molecule has 1 aromatic heterocycles. The summed E-state index contributed by atoms with van der Waals surface area (Å²) < 4.78 is 5.29.